The molecule has 1 unspecified atom stereocenters. The van der Waals surface area contributed by atoms with Crippen molar-refractivity contribution in [2.24, 2.45) is 11.5 Å². The number of hydrogen-bond acceptors (Lipinski definition) is 4. The van der Waals surface area contributed by atoms with Crippen molar-refractivity contribution in [1.82, 2.24) is 0 Å². The molecule has 0 saturated heterocycles. The van der Waals surface area contributed by atoms with Crippen molar-refractivity contribution in [3.8, 4) is 0 Å². The molecule has 1 atom stereocenters. The highest BCUT2D eigenvalue weighted by atomic mass is 35.5. The summed E-state index contributed by atoms with van der Waals surface area (Å²) in [5.41, 5.74) is 11.8. The Morgan fingerprint density at radius 2 is 2.26 bits per heavy atom. The summed E-state index contributed by atoms with van der Waals surface area (Å²) in [5, 5.41) is 3.64. The van der Waals surface area contributed by atoms with Crippen molar-refractivity contribution < 1.29 is 9.53 Å². The molecule has 0 aliphatic rings. The summed E-state index contributed by atoms with van der Waals surface area (Å²) in [6.45, 7) is 1.22. The fraction of sp³-hybridized carbons (Fsp3) is 0.462. The lowest BCUT2D eigenvalue weighted by molar-refractivity contribution is 0.100. The van der Waals surface area contributed by atoms with Gasteiger partial charge in [0.25, 0.3) is 0 Å². The second-order valence-electron chi connectivity index (χ2n) is 4.29. The average Bonchev–Trinajstić information content (AvgIpc) is 2.36. The summed E-state index contributed by atoms with van der Waals surface area (Å²) in [5.74, 6) is -0.534. The average molecular weight is 286 g/mol. The maximum atomic E-state index is 11.1. The smallest absolute Gasteiger partial charge is 0.250 e. The second-order valence-corrected chi connectivity index (χ2v) is 4.69. The van der Waals surface area contributed by atoms with Crippen molar-refractivity contribution in [2.75, 3.05) is 25.6 Å². The lowest BCUT2D eigenvalue weighted by Gasteiger charge is -2.19. The molecule has 0 fully saturated rings. The van der Waals surface area contributed by atoms with Crippen LogP contribution in [-0.4, -0.2) is 32.2 Å². The topological polar surface area (TPSA) is 90.4 Å². The number of amides is 1. The van der Waals surface area contributed by atoms with Crippen LogP contribution in [0.25, 0.3) is 0 Å². The molecule has 0 spiro atoms. The Hall–Kier alpha value is -1.30. The van der Waals surface area contributed by atoms with Gasteiger partial charge in [0.1, 0.15) is 0 Å². The third-order valence-electron chi connectivity index (χ3n) is 2.73. The Bertz CT molecular complexity index is 426. The number of ether oxygens (including phenoxy) is 1. The maximum Gasteiger partial charge on any atom is 0.250 e. The number of halogens is 1. The van der Waals surface area contributed by atoms with Crippen LogP contribution in [0.1, 0.15) is 23.2 Å². The molecular formula is C13H20ClN3O2. The van der Waals surface area contributed by atoms with Crippen LogP contribution in [0.5, 0.6) is 0 Å². The normalized spacial score (nSPS) is 12.2. The standard InChI is InChI=1S/C13H20ClN3O2/c1-19-8-10(3-2-6-15)17-9-4-5-11(13(16)18)12(14)7-9/h4-5,7,10,17H,2-3,6,8,15H2,1H3,(H2,16,18). The largest absolute Gasteiger partial charge is 0.383 e. The lowest BCUT2D eigenvalue weighted by atomic mass is 10.1. The molecule has 0 aromatic heterocycles. The van der Waals surface area contributed by atoms with Gasteiger partial charge < -0.3 is 21.5 Å². The highest BCUT2D eigenvalue weighted by Crippen LogP contribution is 2.21. The fourth-order valence-electron chi connectivity index (χ4n) is 1.80. The van der Waals surface area contributed by atoms with Crippen LogP contribution in [0.2, 0.25) is 5.02 Å². The number of nitrogens with two attached hydrogens (primary N) is 2. The molecule has 0 aliphatic carbocycles. The van der Waals surface area contributed by atoms with Gasteiger partial charge >= 0.3 is 0 Å². The molecule has 0 radical (unpaired) electrons. The number of carbonyl (C=O) groups is 1. The monoisotopic (exact) mass is 285 g/mol. The zero-order chi connectivity index (χ0) is 14.3. The molecule has 1 aromatic carbocycles. The van der Waals surface area contributed by atoms with Crippen molar-refractivity contribution in [3.05, 3.63) is 28.8 Å². The third kappa shape index (κ3) is 5.06. The molecule has 0 heterocycles. The minimum absolute atomic E-state index is 0.157. The minimum atomic E-state index is -0.534. The Labute approximate surface area is 118 Å². The van der Waals surface area contributed by atoms with E-state index in [1.807, 2.05) is 0 Å². The van der Waals surface area contributed by atoms with Gasteiger partial charge in [-0.15, -0.1) is 0 Å². The first kappa shape index (κ1) is 15.8. The number of carbonyl (C=O) groups excluding carboxylic acids is 1. The predicted molar refractivity (Wildman–Crippen MR) is 77.5 cm³/mol. The molecule has 0 aliphatic heterocycles. The highest BCUT2D eigenvalue weighted by Gasteiger charge is 2.11. The zero-order valence-corrected chi connectivity index (χ0v) is 11.7. The molecular weight excluding hydrogens is 266 g/mol. The van der Waals surface area contributed by atoms with E-state index in [0.29, 0.717) is 23.7 Å². The van der Waals surface area contributed by atoms with E-state index in [1.165, 1.54) is 0 Å². The van der Waals surface area contributed by atoms with Gasteiger partial charge in [0, 0.05) is 18.8 Å². The first-order valence-corrected chi connectivity index (χ1v) is 6.51. The van der Waals surface area contributed by atoms with Gasteiger partial charge in [-0.05, 0) is 37.6 Å². The van der Waals surface area contributed by atoms with E-state index in [1.54, 1.807) is 25.3 Å². The van der Waals surface area contributed by atoms with E-state index in [4.69, 9.17) is 27.8 Å². The van der Waals surface area contributed by atoms with E-state index >= 15 is 0 Å². The van der Waals surface area contributed by atoms with Crippen molar-refractivity contribution >= 4 is 23.2 Å². The van der Waals surface area contributed by atoms with Crippen LogP contribution in [0, 0.1) is 0 Å². The van der Waals surface area contributed by atoms with Crippen LogP contribution in [0.4, 0.5) is 5.69 Å². The van der Waals surface area contributed by atoms with E-state index in [0.717, 1.165) is 18.5 Å². The molecule has 1 rings (SSSR count). The van der Waals surface area contributed by atoms with Crippen LogP contribution < -0.4 is 16.8 Å². The number of primary amides is 1. The van der Waals surface area contributed by atoms with Crippen molar-refractivity contribution in [3.63, 3.8) is 0 Å². The first-order valence-electron chi connectivity index (χ1n) is 6.13. The third-order valence-corrected chi connectivity index (χ3v) is 3.04. The molecule has 0 saturated carbocycles. The van der Waals surface area contributed by atoms with Gasteiger partial charge in [0.2, 0.25) is 5.91 Å². The van der Waals surface area contributed by atoms with Crippen LogP contribution in [0.3, 0.4) is 0 Å². The predicted octanol–water partition coefficient (Wildman–Crippen LogP) is 1.60. The molecule has 0 bridgehead atoms. The lowest BCUT2D eigenvalue weighted by Crippen LogP contribution is -2.26. The first-order chi connectivity index (χ1) is 9.08. The summed E-state index contributed by atoms with van der Waals surface area (Å²) in [7, 11) is 1.65. The van der Waals surface area contributed by atoms with Crippen LogP contribution >= 0.6 is 11.6 Å². The molecule has 1 amide bonds. The van der Waals surface area contributed by atoms with Gasteiger partial charge in [0.15, 0.2) is 0 Å². The van der Waals surface area contributed by atoms with Crippen LogP contribution in [-0.2, 0) is 4.74 Å². The number of hydrogen-bond donors (Lipinski definition) is 3. The Morgan fingerprint density at radius 1 is 1.53 bits per heavy atom. The highest BCUT2D eigenvalue weighted by molar-refractivity contribution is 6.34. The zero-order valence-electron chi connectivity index (χ0n) is 11.0. The number of rotatable bonds is 8. The summed E-state index contributed by atoms with van der Waals surface area (Å²) in [4.78, 5) is 11.1. The summed E-state index contributed by atoms with van der Waals surface area (Å²) < 4.78 is 5.16. The molecule has 6 heteroatoms. The number of anilines is 1. The summed E-state index contributed by atoms with van der Waals surface area (Å²) in [6.07, 6.45) is 1.81. The fourth-order valence-corrected chi connectivity index (χ4v) is 2.08. The van der Waals surface area contributed by atoms with Gasteiger partial charge in [-0.1, -0.05) is 11.6 Å². The van der Waals surface area contributed by atoms with E-state index in [9.17, 15) is 4.79 Å². The van der Waals surface area contributed by atoms with Crippen molar-refractivity contribution in [1.29, 1.82) is 0 Å². The van der Waals surface area contributed by atoms with E-state index in [2.05, 4.69) is 5.32 Å². The molecule has 19 heavy (non-hydrogen) atoms. The minimum Gasteiger partial charge on any atom is -0.383 e. The Balaban J connectivity index is 2.73. The number of methoxy groups -OCH3 is 1. The maximum absolute atomic E-state index is 11.1. The Morgan fingerprint density at radius 3 is 2.79 bits per heavy atom. The quantitative estimate of drug-likeness (QED) is 0.677. The Kier molecular flexibility index (Phi) is 6.62. The van der Waals surface area contributed by atoms with Gasteiger partial charge in [0.05, 0.1) is 17.2 Å². The molecule has 5 nitrogen and oxygen atoms in total. The van der Waals surface area contributed by atoms with Gasteiger partial charge in [-0.25, -0.2) is 0 Å². The molecule has 1 aromatic rings. The van der Waals surface area contributed by atoms with Crippen molar-refractivity contribution in [2.45, 2.75) is 18.9 Å². The SMILES string of the molecule is COCC(CCCN)Nc1ccc(C(N)=O)c(Cl)c1. The van der Waals surface area contributed by atoms with Crippen LogP contribution in [0.15, 0.2) is 18.2 Å². The molecule has 5 N–H and O–H groups in total. The number of nitrogens with one attached hydrogen (secondary N) is 1. The van der Waals surface area contributed by atoms with E-state index in [-0.39, 0.29) is 6.04 Å². The number of benzene rings is 1. The summed E-state index contributed by atoms with van der Waals surface area (Å²) in [6, 6.07) is 5.23. The second kappa shape index (κ2) is 7.99. The van der Waals surface area contributed by atoms with Gasteiger partial charge in [-0.2, -0.15) is 0 Å². The van der Waals surface area contributed by atoms with Gasteiger partial charge in [-0.3, -0.25) is 4.79 Å². The van der Waals surface area contributed by atoms with E-state index < -0.39 is 5.91 Å². The summed E-state index contributed by atoms with van der Waals surface area (Å²) >= 11 is 6.00. The molecule has 106 valence electrons.